The fourth-order valence-corrected chi connectivity index (χ4v) is 1.92. The molecule has 1 aromatic rings. The molecule has 98 valence electrons. The third kappa shape index (κ3) is 2.19. The van der Waals surface area contributed by atoms with Gasteiger partial charge in [-0.3, -0.25) is 4.79 Å². The molecular formula is C14H14N2O3. The quantitative estimate of drug-likeness (QED) is 0.825. The van der Waals surface area contributed by atoms with E-state index in [1.54, 1.807) is 6.08 Å². The molecule has 1 amide bonds. The van der Waals surface area contributed by atoms with Gasteiger partial charge in [0.15, 0.2) is 11.5 Å². The van der Waals surface area contributed by atoms with Crippen LogP contribution in [0.15, 0.2) is 28.9 Å². The second-order valence-electron chi connectivity index (χ2n) is 4.75. The number of carbonyl (C=O) groups is 1. The van der Waals surface area contributed by atoms with Crippen molar-refractivity contribution in [2.24, 2.45) is 10.9 Å². The largest absolute Gasteiger partial charge is 0.454 e. The number of hydrogen-bond donors (Lipinski definition) is 1. The lowest BCUT2D eigenvalue weighted by molar-refractivity contribution is -0.115. The number of carbonyl (C=O) groups excluding carboxylic acids is 1. The molecule has 19 heavy (non-hydrogen) atoms. The average molecular weight is 258 g/mol. The van der Waals surface area contributed by atoms with E-state index >= 15 is 0 Å². The smallest absolute Gasteiger partial charge is 0.275 e. The molecule has 1 aromatic carbocycles. The lowest BCUT2D eigenvalue weighted by atomic mass is 10.1. The minimum Gasteiger partial charge on any atom is -0.454 e. The van der Waals surface area contributed by atoms with Crippen LogP contribution in [-0.2, 0) is 4.79 Å². The number of benzene rings is 1. The number of ether oxygens (including phenoxy) is 2. The summed E-state index contributed by atoms with van der Waals surface area (Å²) in [6.45, 7) is 4.22. The molecule has 1 N–H and O–H groups in total. The molecule has 0 saturated carbocycles. The number of amides is 1. The Bertz CT molecular complexity index is 603. The van der Waals surface area contributed by atoms with Crippen LogP contribution in [0.5, 0.6) is 11.5 Å². The fourth-order valence-electron chi connectivity index (χ4n) is 1.92. The van der Waals surface area contributed by atoms with Crippen molar-refractivity contribution in [1.82, 2.24) is 5.32 Å². The Morgan fingerprint density at radius 3 is 2.84 bits per heavy atom. The van der Waals surface area contributed by atoms with Crippen LogP contribution >= 0.6 is 0 Å². The predicted molar refractivity (Wildman–Crippen MR) is 71.0 cm³/mol. The van der Waals surface area contributed by atoms with Gasteiger partial charge in [0, 0.05) is 5.92 Å². The van der Waals surface area contributed by atoms with Crippen LogP contribution in [0.4, 0.5) is 0 Å². The first kappa shape index (κ1) is 11.8. The van der Waals surface area contributed by atoms with Gasteiger partial charge in [-0.2, -0.15) is 0 Å². The second kappa shape index (κ2) is 4.42. The number of nitrogens with zero attached hydrogens (tertiary/aromatic N) is 1. The van der Waals surface area contributed by atoms with Gasteiger partial charge in [0.1, 0.15) is 11.5 Å². The monoisotopic (exact) mass is 258 g/mol. The fraction of sp³-hybridized carbons (Fsp3) is 0.286. The zero-order valence-electron chi connectivity index (χ0n) is 10.8. The summed E-state index contributed by atoms with van der Waals surface area (Å²) in [5, 5.41) is 2.76. The summed E-state index contributed by atoms with van der Waals surface area (Å²) in [5.74, 6) is 2.16. The van der Waals surface area contributed by atoms with Crippen molar-refractivity contribution in [1.29, 1.82) is 0 Å². The first-order chi connectivity index (χ1) is 9.13. The molecule has 0 radical (unpaired) electrons. The molecule has 5 nitrogen and oxygen atoms in total. The van der Waals surface area contributed by atoms with Gasteiger partial charge < -0.3 is 14.8 Å². The van der Waals surface area contributed by atoms with Gasteiger partial charge >= 0.3 is 0 Å². The van der Waals surface area contributed by atoms with Gasteiger partial charge in [-0.25, -0.2) is 4.99 Å². The zero-order valence-corrected chi connectivity index (χ0v) is 10.8. The van der Waals surface area contributed by atoms with E-state index in [0.29, 0.717) is 17.3 Å². The molecule has 0 fully saturated rings. The molecule has 5 heteroatoms. The van der Waals surface area contributed by atoms with Crippen molar-refractivity contribution in [3.05, 3.63) is 29.5 Å². The summed E-state index contributed by atoms with van der Waals surface area (Å²) in [6.07, 6.45) is 1.74. The van der Waals surface area contributed by atoms with Crippen LogP contribution in [-0.4, -0.2) is 18.5 Å². The molecular weight excluding hydrogens is 244 g/mol. The highest BCUT2D eigenvalue weighted by Gasteiger charge is 2.22. The number of aliphatic imine (C=N–C) groups is 1. The number of amidine groups is 1. The van der Waals surface area contributed by atoms with Crippen molar-refractivity contribution in [2.45, 2.75) is 13.8 Å². The van der Waals surface area contributed by atoms with Gasteiger partial charge in [-0.15, -0.1) is 0 Å². The molecule has 2 aliphatic heterocycles. The lowest BCUT2D eigenvalue weighted by Gasteiger charge is -2.01. The zero-order chi connectivity index (χ0) is 13.4. The summed E-state index contributed by atoms with van der Waals surface area (Å²) in [7, 11) is 0. The summed E-state index contributed by atoms with van der Waals surface area (Å²) < 4.78 is 10.5. The van der Waals surface area contributed by atoms with E-state index < -0.39 is 0 Å². The molecule has 2 aliphatic rings. The lowest BCUT2D eigenvalue weighted by Crippen LogP contribution is -2.27. The van der Waals surface area contributed by atoms with E-state index in [9.17, 15) is 4.79 Å². The van der Waals surface area contributed by atoms with E-state index in [1.807, 2.05) is 32.0 Å². The van der Waals surface area contributed by atoms with E-state index in [1.165, 1.54) is 0 Å². The van der Waals surface area contributed by atoms with Crippen LogP contribution < -0.4 is 14.8 Å². The first-order valence-corrected chi connectivity index (χ1v) is 6.15. The molecule has 0 unspecified atom stereocenters. The maximum atomic E-state index is 11.8. The Balaban J connectivity index is 1.91. The molecule has 2 heterocycles. The highest BCUT2D eigenvalue weighted by Crippen LogP contribution is 2.33. The molecule has 0 bridgehead atoms. The second-order valence-corrected chi connectivity index (χ2v) is 4.75. The molecule has 0 spiro atoms. The van der Waals surface area contributed by atoms with Gasteiger partial charge in [0.2, 0.25) is 6.79 Å². The standard InChI is InChI=1S/C14H14N2O3/c1-8(2)13-15-10(14(17)16-13)5-9-3-4-11-12(6-9)19-7-18-11/h3-6,8H,7H2,1-2H3,(H,15,16,17)/b10-5+. The van der Waals surface area contributed by atoms with Gasteiger partial charge in [-0.1, -0.05) is 19.9 Å². The van der Waals surface area contributed by atoms with E-state index in [4.69, 9.17) is 9.47 Å². The van der Waals surface area contributed by atoms with E-state index in [-0.39, 0.29) is 18.6 Å². The summed E-state index contributed by atoms with van der Waals surface area (Å²) in [4.78, 5) is 16.1. The Kier molecular flexibility index (Phi) is 2.74. The number of nitrogens with one attached hydrogen (secondary N) is 1. The number of hydrogen-bond acceptors (Lipinski definition) is 4. The minimum absolute atomic E-state index is 0.165. The number of fused-ring (bicyclic) bond motifs is 1. The Labute approximate surface area is 110 Å². The summed E-state index contributed by atoms with van der Waals surface area (Å²) in [6, 6.07) is 5.54. The molecule has 0 aliphatic carbocycles. The summed E-state index contributed by atoms with van der Waals surface area (Å²) >= 11 is 0. The highest BCUT2D eigenvalue weighted by atomic mass is 16.7. The summed E-state index contributed by atoms with van der Waals surface area (Å²) in [5.41, 5.74) is 1.28. The third-order valence-corrected chi connectivity index (χ3v) is 2.96. The highest BCUT2D eigenvalue weighted by molar-refractivity contribution is 6.14. The third-order valence-electron chi connectivity index (χ3n) is 2.96. The normalized spacial score (nSPS) is 19.0. The van der Waals surface area contributed by atoms with Gasteiger partial charge in [0.05, 0.1) is 0 Å². The van der Waals surface area contributed by atoms with Gasteiger partial charge in [0.25, 0.3) is 5.91 Å². The molecule has 0 atom stereocenters. The predicted octanol–water partition coefficient (Wildman–Crippen LogP) is 1.94. The van der Waals surface area contributed by atoms with Crippen LogP contribution in [0.1, 0.15) is 19.4 Å². The molecule has 3 rings (SSSR count). The maximum Gasteiger partial charge on any atom is 0.275 e. The van der Waals surface area contributed by atoms with Crippen molar-refractivity contribution in [2.75, 3.05) is 6.79 Å². The molecule has 0 saturated heterocycles. The Morgan fingerprint density at radius 2 is 2.11 bits per heavy atom. The Hall–Kier alpha value is -2.30. The van der Waals surface area contributed by atoms with E-state index in [2.05, 4.69) is 10.3 Å². The van der Waals surface area contributed by atoms with Crippen molar-refractivity contribution in [3.63, 3.8) is 0 Å². The SMILES string of the molecule is CC(C)C1=N/C(=C/c2ccc3c(c2)OCO3)C(=O)N1. The topological polar surface area (TPSA) is 59.9 Å². The van der Waals surface area contributed by atoms with Crippen LogP contribution in [0.25, 0.3) is 6.08 Å². The van der Waals surface area contributed by atoms with Crippen LogP contribution in [0.3, 0.4) is 0 Å². The van der Waals surface area contributed by atoms with Crippen LogP contribution in [0.2, 0.25) is 0 Å². The maximum absolute atomic E-state index is 11.8. The Morgan fingerprint density at radius 1 is 1.32 bits per heavy atom. The molecule has 0 aromatic heterocycles. The van der Waals surface area contributed by atoms with Crippen molar-refractivity contribution < 1.29 is 14.3 Å². The van der Waals surface area contributed by atoms with E-state index in [0.717, 1.165) is 11.3 Å². The minimum atomic E-state index is -0.165. The van der Waals surface area contributed by atoms with Gasteiger partial charge in [-0.05, 0) is 23.8 Å². The van der Waals surface area contributed by atoms with Crippen LogP contribution in [0, 0.1) is 5.92 Å². The first-order valence-electron chi connectivity index (χ1n) is 6.15. The number of rotatable bonds is 2. The van der Waals surface area contributed by atoms with Crippen molar-refractivity contribution >= 4 is 17.8 Å². The van der Waals surface area contributed by atoms with Crippen molar-refractivity contribution in [3.8, 4) is 11.5 Å². The average Bonchev–Trinajstić information content (AvgIpc) is 2.96.